The lowest BCUT2D eigenvalue weighted by molar-refractivity contribution is -0.159. The highest BCUT2D eigenvalue weighted by atomic mass is 16.6. The van der Waals surface area contributed by atoms with E-state index < -0.39 is 23.0 Å². The Morgan fingerprint density at radius 3 is 2.78 bits per heavy atom. The second-order valence-corrected chi connectivity index (χ2v) is 6.49. The first kappa shape index (κ1) is 16.0. The summed E-state index contributed by atoms with van der Waals surface area (Å²) in [5.74, 6) is -1.50. The number of carbonyl (C=O) groups excluding carboxylic acids is 3. The third-order valence-electron chi connectivity index (χ3n) is 4.62. The number of hydrogen-bond acceptors (Lipinski definition) is 7. The predicted octanol–water partition coefficient (Wildman–Crippen LogP) is 0.760. The molecule has 0 radical (unpaired) electrons. The first-order valence-corrected chi connectivity index (χ1v) is 7.75. The van der Waals surface area contributed by atoms with Crippen LogP contribution < -0.4 is 0 Å². The first-order valence-electron chi connectivity index (χ1n) is 7.75. The van der Waals surface area contributed by atoms with Gasteiger partial charge < -0.3 is 18.9 Å². The van der Waals surface area contributed by atoms with E-state index in [4.69, 9.17) is 18.9 Å². The molecule has 3 atom stereocenters. The molecule has 3 heterocycles. The van der Waals surface area contributed by atoms with Crippen molar-refractivity contribution in [2.24, 2.45) is 11.3 Å². The van der Waals surface area contributed by atoms with Crippen LogP contribution in [-0.2, 0) is 33.3 Å². The maximum absolute atomic E-state index is 12.2. The number of hydrogen-bond donors (Lipinski definition) is 0. The molecule has 2 fully saturated rings. The van der Waals surface area contributed by atoms with Crippen molar-refractivity contribution in [3.63, 3.8) is 0 Å². The molecular weight excluding hydrogens is 304 g/mol. The summed E-state index contributed by atoms with van der Waals surface area (Å²) < 4.78 is 21.0. The van der Waals surface area contributed by atoms with Gasteiger partial charge in [0.15, 0.2) is 0 Å². The summed E-state index contributed by atoms with van der Waals surface area (Å²) in [4.78, 5) is 35.6. The van der Waals surface area contributed by atoms with Crippen LogP contribution in [0.15, 0.2) is 12.2 Å². The standard InChI is InChI=1S/C16H20O7/c1-10(2)13(18)21-6-5-20-12(17)8-15-7-11-3-4-16(15,23-11)9-22-14(15)19/h3-4,10-11H,5-9H2,1-2H3. The summed E-state index contributed by atoms with van der Waals surface area (Å²) in [5, 5.41) is 0. The van der Waals surface area contributed by atoms with Gasteiger partial charge in [-0.3, -0.25) is 14.4 Å². The fourth-order valence-electron chi connectivity index (χ4n) is 3.35. The summed E-state index contributed by atoms with van der Waals surface area (Å²) in [6, 6.07) is 0. The molecule has 126 valence electrons. The molecule has 0 amide bonds. The Hall–Kier alpha value is -1.89. The van der Waals surface area contributed by atoms with Gasteiger partial charge in [-0.25, -0.2) is 0 Å². The Labute approximate surface area is 133 Å². The molecule has 3 aliphatic rings. The minimum atomic E-state index is -0.988. The number of fused-ring (bicyclic) bond motifs is 1. The van der Waals surface area contributed by atoms with Gasteiger partial charge in [0.2, 0.25) is 0 Å². The van der Waals surface area contributed by atoms with Gasteiger partial charge >= 0.3 is 17.9 Å². The topological polar surface area (TPSA) is 88.1 Å². The van der Waals surface area contributed by atoms with E-state index in [1.54, 1.807) is 13.8 Å². The SMILES string of the molecule is CC(C)C(=O)OCCOC(=O)CC12CC3C=CC1(COC2=O)O3. The van der Waals surface area contributed by atoms with E-state index in [-0.39, 0.29) is 44.2 Å². The van der Waals surface area contributed by atoms with E-state index >= 15 is 0 Å². The van der Waals surface area contributed by atoms with Crippen LogP contribution in [0.25, 0.3) is 0 Å². The molecule has 7 heteroatoms. The van der Waals surface area contributed by atoms with E-state index in [1.165, 1.54) is 0 Å². The van der Waals surface area contributed by atoms with Gasteiger partial charge in [0.25, 0.3) is 0 Å². The van der Waals surface area contributed by atoms with E-state index in [0.717, 1.165) is 0 Å². The van der Waals surface area contributed by atoms with Crippen molar-refractivity contribution in [3.8, 4) is 0 Å². The first-order chi connectivity index (χ1) is 10.9. The van der Waals surface area contributed by atoms with Gasteiger partial charge in [0, 0.05) is 0 Å². The lowest BCUT2D eigenvalue weighted by Crippen LogP contribution is -2.46. The Bertz CT molecular complexity index is 567. The summed E-state index contributed by atoms with van der Waals surface area (Å²) >= 11 is 0. The Morgan fingerprint density at radius 2 is 2.09 bits per heavy atom. The molecule has 7 nitrogen and oxygen atoms in total. The lowest BCUT2D eigenvalue weighted by Gasteiger charge is -2.30. The molecule has 3 unspecified atom stereocenters. The Balaban J connectivity index is 1.53. The average Bonchev–Trinajstić information content (AvgIpc) is 3.12. The van der Waals surface area contributed by atoms with Crippen LogP contribution in [0, 0.1) is 11.3 Å². The minimum absolute atomic E-state index is 0.00434. The van der Waals surface area contributed by atoms with Crippen LogP contribution in [-0.4, -0.2) is 49.4 Å². The highest BCUT2D eigenvalue weighted by molar-refractivity contribution is 5.88. The second kappa shape index (κ2) is 5.63. The number of esters is 3. The number of ether oxygens (including phenoxy) is 4. The second-order valence-electron chi connectivity index (χ2n) is 6.49. The molecular formula is C16H20O7. The van der Waals surface area contributed by atoms with Gasteiger partial charge in [-0.1, -0.05) is 19.9 Å². The molecule has 0 N–H and O–H groups in total. The molecule has 0 aliphatic carbocycles. The van der Waals surface area contributed by atoms with Crippen LogP contribution in [0.3, 0.4) is 0 Å². The Kier molecular flexibility index (Phi) is 3.91. The molecule has 0 saturated carbocycles. The maximum atomic E-state index is 12.2. The molecule has 3 aliphatic heterocycles. The summed E-state index contributed by atoms with van der Waals surface area (Å²) in [7, 11) is 0. The molecule has 1 spiro atoms. The number of carbonyl (C=O) groups is 3. The van der Waals surface area contributed by atoms with Crippen molar-refractivity contribution in [1.82, 2.24) is 0 Å². The van der Waals surface area contributed by atoms with Crippen LogP contribution in [0.1, 0.15) is 26.7 Å². The van der Waals surface area contributed by atoms with Gasteiger partial charge in [0.1, 0.15) is 30.8 Å². The van der Waals surface area contributed by atoms with Crippen molar-refractivity contribution >= 4 is 17.9 Å². The fourth-order valence-corrected chi connectivity index (χ4v) is 3.35. The molecule has 23 heavy (non-hydrogen) atoms. The molecule has 0 aromatic heterocycles. The van der Waals surface area contributed by atoms with E-state index in [1.807, 2.05) is 12.2 Å². The minimum Gasteiger partial charge on any atom is -0.462 e. The zero-order chi connectivity index (χ0) is 16.7. The Morgan fingerprint density at radius 1 is 1.35 bits per heavy atom. The molecule has 0 aromatic carbocycles. The summed E-state index contributed by atoms with van der Waals surface area (Å²) in [5.41, 5.74) is -1.82. The van der Waals surface area contributed by atoms with E-state index in [0.29, 0.717) is 6.42 Å². The summed E-state index contributed by atoms with van der Waals surface area (Å²) in [6.07, 6.45) is 3.91. The number of cyclic esters (lactones) is 1. The van der Waals surface area contributed by atoms with Crippen LogP contribution >= 0.6 is 0 Å². The van der Waals surface area contributed by atoms with Gasteiger partial charge in [-0.05, 0) is 12.5 Å². The van der Waals surface area contributed by atoms with Crippen molar-refractivity contribution in [2.45, 2.75) is 38.4 Å². The molecule has 2 bridgehead atoms. The zero-order valence-electron chi connectivity index (χ0n) is 13.2. The molecule has 2 saturated heterocycles. The van der Waals surface area contributed by atoms with Crippen molar-refractivity contribution in [1.29, 1.82) is 0 Å². The van der Waals surface area contributed by atoms with Crippen molar-refractivity contribution in [3.05, 3.63) is 12.2 Å². The molecule has 0 aromatic rings. The predicted molar refractivity (Wildman–Crippen MR) is 76.1 cm³/mol. The normalized spacial score (nSPS) is 33.7. The van der Waals surface area contributed by atoms with Crippen LogP contribution in [0.2, 0.25) is 0 Å². The zero-order valence-corrected chi connectivity index (χ0v) is 13.2. The van der Waals surface area contributed by atoms with Crippen molar-refractivity contribution in [2.75, 3.05) is 19.8 Å². The fraction of sp³-hybridized carbons (Fsp3) is 0.688. The highest BCUT2D eigenvalue weighted by Gasteiger charge is 2.70. The van der Waals surface area contributed by atoms with E-state index in [9.17, 15) is 14.4 Å². The molecule has 3 rings (SSSR count). The van der Waals surface area contributed by atoms with Crippen LogP contribution in [0.5, 0.6) is 0 Å². The van der Waals surface area contributed by atoms with Crippen molar-refractivity contribution < 1.29 is 33.3 Å². The lowest BCUT2D eigenvalue weighted by atomic mass is 9.68. The van der Waals surface area contributed by atoms with Crippen LogP contribution in [0.4, 0.5) is 0 Å². The van der Waals surface area contributed by atoms with E-state index in [2.05, 4.69) is 0 Å². The monoisotopic (exact) mass is 324 g/mol. The quantitative estimate of drug-likeness (QED) is 0.308. The van der Waals surface area contributed by atoms with Gasteiger partial charge in [-0.15, -0.1) is 0 Å². The number of rotatable bonds is 6. The third-order valence-corrected chi connectivity index (χ3v) is 4.62. The third kappa shape index (κ3) is 2.52. The summed E-state index contributed by atoms with van der Waals surface area (Å²) in [6.45, 7) is 3.56. The average molecular weight is 324 g/mol. The largest absolute Gasteiger partial charge is 0.462 e. The highest BCUT2D eigenvalue weighted by Crippen LogP contribution is 2.58. The van der Waals surface area contributed by atoms with Gasteiger partial charge in [-0.2, -0.15) is 0 Å². The van der Waals surface area contributed by atoms with Gasteiger partial charge in [0.05, 0.1) is 18.4 Å². The maximum Gasteiger partial charge on any atom is 0.316 e. The smallest absolute Gasteiger partial charge is 0.316 e.